The van der Waals surface area contributed by atoms with Crippen LogP contribution in [0.1, 0.15) is 36.8 Å². The van der Waals surface area contributed by atoms with E-state index in [0.717, 1.165) is 49.8 Å². The Morgan fingerprint density at radius 3 is 2.86 bits per heavy atom. The maximum Gasteiger partial charge on any atom is 0.161 e. The van der Waals surface area contributed by atoms with Crippen LogP contribution in [0.3, 0.4) is 0 Å². The molecule has 1 aliphatic heterocycles. The van der Waals surface area contributed by atoms with Crippen molar-refractivity contribution in [2.75, 3.05) is 13.6 Å². The maximum atomic E-state index is 10.6. The Hall–Kier alpha value is -1.26. The molecule has 114 valence electrons. The Morgan fingerprint density at radius 1 is 1.24 bits per heavy atom. The van der Waals surface area contributed by atoms with Crippen molar-refractivity contribution in [3.05, 3.63) is 23.3 Å². The largest absolute Gasteiger partial charge is 0.504 e. The molecule has 21 heavy (non-hydrogen) atoms. The Balaban J connectivity index is 1.96. The van der Waals surface area contributed by atoms with E-state index in [1.807, 2.05) is 6.07 Å². The van der Waals surface area contributed by atoms with Crippen molar-refractivity contribution in [3.63, 3.8) is 0 Å². The number of piperidine rings is 1. The molecule has 1 saturated heterocycles. The summed E-state index contributed by atoms with van der Waals surface area (Å²) in [5.74, 6) is 0.194. The predicted octanol–water partition coefficient (Wildman–Crippen LogP) is 1.76. The Kier molecular flexibility index (Phi) is 2.79. The Labute approximate surface area is 125 Å². The molecule has 1 aromatic rings. The summed E-state index contributed by atoms with van der Waals surface area (Å²) in [6.45, 7) is 0.989. The van der Waals surface area contributed by atoms with Crippen LogP contribution < -0.4 is 0 Å². The molecule has 2 bridgehead atoms. The zero-order chi connectivity index (χ0) is 14.8. The summed E-state index contributed by atoms with van der Waals surface area (Å²) in [5.41, 5.74) is 1.91. The molecule has 0 amide bonds. The monoisotopic (exact) mass is 289 g/mol. The molecule has 0 radical (unpaired) electrons. The summed E-state index contributed by atoms with van der Waals surface area (Å²) in [4.78, 5) is 2.37. The highest BCUT2D eigenvalue weighted by molar-refractivity contribution is 5.56. The second-order valence-electron chi connectivity index (χ2n) is 7.11. The highest BCUT2D eigenvalue weighted by Gasteiger charge is 2.57. The third-order valence-electron chi connectivity index (χ3n) is 6.24. The number of hydrogen-bond donors (Lipinski definition) is 3. The quantitative estimate of drug-likeness (QED) is 0.637. The highest BCUT2D eigenvalue weighted by Crippen LogP contribution is 2.58. The molecule has 0 aromatic heterocycles. The van der Waals surface area contributed by atoms with E-state index in [-0.39, 0.29) is 28.9 Å². The van der Waals surface area contributed by atoms with Gasteiger partial charge in [0.1, 0.15) is 0 Å². The number of aliphatic hydroxyl groups excluding tert-OH is 1. The topological polar surface area (TPSA) is 63.9 Å². The van der Waals surface area contributed by atoms with E-state index < -0.39 is 0 Å². The number of fused-ring (bicyclic) bond motifs is 1. The minimum atomic E-state index is -0.304. The van der Waals surface area contributed by atoms with Crippen LogP contribution in [0.25, 0.3) is 0 Å². The molecule has 0 unspecified atom stereocenters. The molecule has 3 aliphatic rings. The van der Waals surface area contributed by atoms with Gasteiger partial charge in [-0.05, 0) is 57.3 Å². The summed E-state index contributed by atoms with van der Waals surface area (Å²) in [5, 5.41) is 31.1. The molecule has 1 saturated carbocycles. The molecular weight excluding hydrogens is 266 g/mol. The van der Waals surface area contributed by atoms with Gasteiger partial charge in [0, 0.05) is 22.9 Å². The van der Waals surface area contributed by atoms with Gasteiger partial charge in [-0.3, -0.25) is 0 Å². The lowest BCUT2D eigenvalue weighted by Crippen LogP contribution is -2.63. The average molecular weight is 289 g/mol. The number of aliphatic hydroxyl groups is 1. The van der Waals surface area contributed by atoms with Gasteiger partial charge in [-0.25, -0.2) is 0 Å². The van der Waals surface area contributed by atoms with Gasteiger partial charge in [0.25, 0.3) is 0 Å². The van der Waals surface area contributed by atoms with Crippen LogP contribution in [0.4, 0.5) is 0 Å². The average Bonchev–Trinajstić information content (AvgIpc) is 2.47. The molecular formula is C17H23NO3. The smallest absolute Gasteiger partial charge is 0.161 e. The zero-order valence-electron chi connectivity index (χ0n) is 12.4. The van der Waals surface area contributed by atoms with Crippen molar-refractivity contribution in [1.29, 1.82) is 0 Å². The number of aromatic hydroxyl groups is 2. The summed E-state index contributed by atoms with van der Waals surface area (Å²) in [7, 11) is 2.14. The van der Waals surface area contributed by atoms with Crippen molar-refractivity contribution in [1.82, 2.24) is 4.90 Å². The van der Waals surface area contributed by atoms with E-state index in [9.17, 15) is 15.3 Å². The van der Waals surface area contributed by atoms with E-state index in [1.54, 1.807) is 6.07 Å². The first kappa shape index (κ1) is 13.4. The fourth-order valence-corrected chi connectivity index (χ4v) is 5.35. The lowest BCUT2D eigenvalue weighted by molar-refractivity contribution is -0.0754. The van der Waals surface area contributed by atoms with Gasteiger partial charge in [-0.15, -0.1) is 0 Å². The van der Waals surface area contributed by atoms with Gasteiger partial charge in [-0.1, -0.05) is 6.07 Å². The van der Waals surface area contributed by atoms with E-state index in [4.69, 9.17) is 0 Å². The molecule has 4 heteroatoms. The van der Waals surface area contributed by atoms with Gasteiger partial charge in [-0.2, -0.15) is 0 Å². The number of rotatable bonds is 0. The third-order valence-corrected chi connectivity index (χ3v) is 6.24. The number of nitrogens with zero attached hydrogens (tertiary/aromatic N) is 1. The first-order chi connectivity index (χ1) is 10.0. The Morgan fingerprint density at radius 2 is 2.05 bits per heavy atom. The minimum Gasteiger partial charge on any atom is -0.504 e. The number of likely N-dealkylation sites (N-methyl/N-ethyl adjacent to an activating group) is 1. The molecule has 0 spiro atoms. The van der Waals surface area contributed by atoms with E-state index >= 15 is 0 Å². The van der Waals surface area contributed by atoms with Crippen molar-refractivity contribution in [3.8, 4) is 11.5 Å². The fourth-order valence-electron chi connectivity index (χ4n) is 5.35. The highest BCUT2D eigenvalue weighted by atomic mass is 16.3. The number of benzene rings is 1. The molecule has 3 N–H and O–H groups in total. The van der Waals surface area contributed by atoms with Crippen LogP contribution in [0.5, 0.6) is 11.5 Å². The second-order valence-corrected chi connectivity index (χ2v) is 7.11. The van der Waals surface area contributed by atoms with Gasteiger partial charge in [0.15, 0.2) is 11.5 Å². The van der Waals surface area contributed by atoms with Crippen molar-refractivity contribution < 1.29 is 15.3 Å². The van der Waals surface area contributed by atoms with Crippen molar-refractivity contribution in [2.45, 2.75) is 49.7 Å². The van der Waals surface area contributed by atoms with Crippen LogP contribution in [-0.2, 0) is 11.8 Å². The van der Waals surface area contributed by atoms with E-state index in [1.165, 1.54) is 0 Å². The minimum absolute atomic E-state index is 0.0284. The third kappa shape index (κ3) is 1.63. The van der Waals surface area contributed by atoms with Crippen molar-refractivity contribution >= 4 is 0 Å². The number of likely N-dealkylation sites (tertiary alicyclic amines) is 1. The summed E-state index contributed by atoms with van der Waals surface area (Å²) in [6.07, 6.45) is 4.34. The number of phenols is 2. The van der Waals surface area contributed by atoms with Crippen molar-refractivity contribution in [2.24, 2.45) is 5.92 Å². The SMILES string of the molecule is CN1CC[C@@]23CCC[C@H](O)[C@H]2[C@@H]1Cc1ccc(O)c(O)c13. The molecule has 4 nitrogen and oxygen atoms in total. The van der Waals surface area contributed by atoms with Crippen LogP contribution in [0.2, 0.25) is 0 Å². The lowest BCUT2D eigenvalue weighted by Gasteiger charge is -2.59. The molecule has 4 atom stereocenters. The maximum absolute atomic E-state index is 10.6. The van der Waals surface area contributed by atoms with Crippen LogP contribution >= 0.6 is 0 Å². The molecule has 1 aromatic carbocycles. The molecule has 1 heterocycles. The molecule has 4 rings (SSSR count). The van der Waals surface area contributed by atoms with Crippen LogP contribution in [0.15, 0.2) is 12.1 Å². The van der Waals surface area contributed by atoms with Gasteiger partial charge < -0.3 is 20.2 Å². The predicted molar refractivity (Wildman–Crippen MR) is 79.5 cm³/mol. The van der Waals surface area contributed by atoms with Gasteiger partial charge in [0.05, 0.1) is 6.10 Å². The Bertz CT molecular complexity index is 588. The zero-order valence-corrected chi connectivity index (χ0v) is 12.4. The van der Waals surface area contributed by atoms with Crippen LogP contribution in [0, 0.1) is 5.92 Å². The summed E-state index contributed by atoms with van der Waals surface area (Å²) < 4.78 is 0. The first-order valence-corrected chi connectivity index (χ1v) is 7.97. The second kappa shape index (κ2) is 4.37. The van der Waals surface area contributed by atoms with Gasteiger partial charge in [0.2, 0.25) is 0 Å². The molecule has 2 fully saturated rings. The molecule has 2 aliphatic carbocycles. The fraction of sp³-hybridized carbons (Fsp3) is 0.647. The first-order valence-electron chi connectivity index (χ1n) is 7.97. The van der Waals surface area contributed by atoms with Gasteiger partial charge >= 0.3 is 0 Å². The van der Waals surface area contributed by atoms with E-state index in [0.29, 0.717) is 6.04 Å². The van der Waals surface area contributed by atoms with Crippen LogP contribution in [-0.4, -0.2) is 46.0 Å². The standard InChI is InChI=1S/C17H23NO3/c1-18-8-7-17-6-2-3-12(19)15(17)11(18)9-10-4-5-13(20)16(21)14(10)17/h4-5,11-12,15,19-21H,2-3,6-9H2,1H3/t11-,12-,15+,17+/m0/s1. The number of hydrogen-bond acceptors (Lipinski definition) is 4. The van der Waals surface area contributed by atoms with E-state index in [2.05, 4.69) is 11.9 Å². The summed E-state index contributed by atoms with van der Waals surface area (Å²) >= 11 is 0. The summed E-state index contributed by atoms with van der Waals surface area (Å²) in [6, 6.07) is 3.89. The lowest BCUT2D eigenvalue weighted by atomic mass is 9.51. The number of phenolic OH excluding ortho intramolecular Hbond substituents is 2. The normalized spacial score (nSPS) is 38.7.